The molecule has 0 saturated carbocycles. The molecule has 1 heterocycles. The number of rotatable bonds is 7. The van der Waals surface area contributed by atoms with Gasteiger partial charge < -0.3 is 18.9 Å². The van der Waals surface area contributed by atoms with Crippen LogP contribution in [-0.4, -0.2) is 31.1 Å². The Balaban J connectivity index is 1.82. The van der Waals surface area contributed by atoms with Gasteiger partial charge in [-0.15, -0.1) is 0 Å². The highest BCUT2D eigenvalue weighted by Gasteiger charge is 2.30. The highest BCUT2D eigenvalue weighted by Crippen LogP contribution is 2.39. The molecule has 0 atom stereocenters. The van der Waals surface area contributed by atoms with Crippen LogP contribution in [0.25, 0.3) is 6.08 Å². The second-order valence-corrected chi connectivity index (χ2v) is 6.80. The van der Waals surface area contributed by atoms with E-state index >= 15 is 0 Å². The van der Waals surface area contributed by atoms with Gasteiger partial charge >= 0.3 is 5.97 Å². The summed E-state index contributed by atoms with van der Waals surface area (Å²) < 4.78 is 22.1. The highest BCUT2D eigenvalue weighted by molar-refractivity contribution is 6.15. The molecule has 0 radical (unpaired) electrons. The van der Waals surface area contributed by atoms with E-state index < -0.39 is 5.97 Å². The topological polar surface area (TPSA) is 71.1 Å². The summed E-state index contributed by atoms with van der Waals surface area (Å²) in [5.74, 6) is 1.13. The van der Waals surface area contributed by atoms with Gasteiger partial charge in [0.15, 0.2) is 12.4 Å². The standard InChI is InChI=1S/C23H24O6/c1-5-26-19-9-7-6-8-16(19)12-20-22(25)17-10-11-18(15(4)23(17)29-20)27-13-21(24)28-14(2)3/h6-12,14H,5,13H2,1-4H3/b20-12-. The van der Waals surface area contributed by atoms with E-state index in [1.807, 2.05) is 31.2 Å². The molecule has 0 amide bonds. The lowest BCUT2D eigenvalue weighted by molar-refractivity contribution is -0.149. The second kappa shape index (κ2) is 8.82. The van der Waals surface area contributed by atoms with Crippen molar-refractivity contribution in [1.82, 2.24) is 0 Å². The molecule has 6 nitrogen and oxygen atoms in total. The summed E-state index contributed by atoms with van der Waals surface area (Å²) >= 11 is 0. The molecular formula is C23H24O6. The first-order valence-electron chi connectivity index (χ1n) is 9.52. The predicted molar refractivity (Wildman–Crippen MR) is 108 cm³/mol. The fourth-order valence-corrected chi connectivity index (χ4v) is 2.99. The molecule has 1 aliphatic rings. The molecule has 6 heteroatoms. The van der Waals surface area contributed by atoms with Gasteiger partial charge in [-0.3, -0.25) is 4.79 Å². The molecule has 0 N–H and O–H groups in total. The van der Waals surface area contributed by atoms with Crippen molar-refractivity contribution in [1.29, 1.82) is 0 Å². The molecule has 0 bridgehead atoms. The number of allylic oxidation sites excluding steroid dienone is 1. The third kappa shape index (κ3) is 4.59. The van der Waals surface area contributed by atoms with Crippen molar-refractivity contribution in [2.45, 2.75) is 33.8 Å². The van der Waals surface area contributed by atoms with Gasteiger partial charge in [0.2, 0.25) is 5.78 Å². The fraction of sp³-hybridized carbons (Fsp3) is 0.304. The lowest BCUT2D eigenvalue weighted by Gasteiger charge is -2.12. The molecule has 0 aromatic heterocycles. The molecular weight excluding hydrogens is 372 g/mol. The van der Waals surface area contributed by atoms with Gasteiger partial charge in [0.25, 0.3) is 0 Å². The van der Waals surface area contributed by atoms with Gasteiger partial charge in [0.05, 0.1) is 18.3 Å². The maximum Gasteiger partial charge on any atom is 0.344 e. The Hall–Kier alpha value is -3.28. The van der Waals surface area contributed by atoms with Gasteiger partial charge in [-0.2, -0.15) is 0 Å². The van der Waals surface area contributed by atoms with Crippen LogP contribution in [0.2, 0.25) is 0 Å². The molecule has 2 aromatic carbocycles. The maximum atomic E-state index is 12.8. The average molecular weight is 396 g/mol. The summed E-state index contributed by atoms with van der Waals surface area (Å²) in [4.78, 5) is 24.5. The maximum absolute atomic E-state index is 12.8. The van der Waals surface area contributed by atoms with Crippen molar-refractivity contribution in [3.05, 3.63) is 58.8 Å². The summed E-state index contributed by atoms with van der Waals surface area (Å²) in [6, 6.07) is 10.7. The van der Waals surface area contributed by atoms with E-state index in [0.29, 0.717) is 35.0 Å². The molecule has 0 spiro atoms. The Labute approximate surface area is 170 Å². The molecule has 29 heavy (non-hydrogen) atoms. The van der Waals surface area contributed by atoms with Gasteiger partial charge in [-0.25, -0.2) is 4.79 Å². The van der Waals surface area contributed by atoms with Crippen molar-refractivity contribution in [2.75, 3.05) is 13.2 Å². The van der Waals surface area contributed by atoms with Crippen LogP contribution in [0.4, 0.5) is 0 Å². The number of esters is 1. The van der Waals surface area contributed by atoms with Gasteiger partial charge in [0, 0.05) is 11.1 Å². The van der Waals surface area contributed by atoms with Crippen molar-refractivity contribution in [3.63, 3.8) is 0 Å². The summed E-state index contributed by atoms with van der Waals surface area (Å²) in [5.41, 5.74) is 1.87. The monoisotopic (exact) mass is 396 g/mol. The number of carbonyl (C=O) groups excluding carboxylic acids is 2. The van der Waals surface area contributed by atoms with Crippen LogP contribution < -0.4 is 14.2 Å². The molecule has 0 aliphatic carbocycles. The third-order valence-corrected chi connectivity index (χ3v) is 4.25. The first-order valence-corrected chi connectivity index (χ1v) is 9.52. The van der Waals surface area contributed by atoms with E-state index in [2.05, 4.69) is 0 Å². The van der Waals surface area contributed by atoms with Crippen LogP contribution >= 0.6 is 0 Å². The summed E-state index contributed by atoms with van der Waals surface area (Å²) in [6.45, 7) is 7.54. The minimum atomic E-state index is -0.454. The number of Topliss-reactive ketones (excluding diaryl/α,β-unsaturated/α-hetero) is 1. The average Bonchev–Trinajstić information content (AvgIpc) is 2.99. The molecule has 3 rings (SSSR count). The zero-order valence-corrected chi connectivity index (χ0v) is 17.0. The van der Waals surface area contributed by atoms with Crippen molar-refractivity contribution in [3.8, 4) is 17.2 Å². The number of ether oxygens (including phenoxy) is 4. The summed E-state index contributed by atoms with van der Waals surface area (Å²) in [7, 11) is 0. The number of carbonyl (C=O) groups is 2. The molecule has 0 saturated heterocycles. The fourth-order valence-electron chi connectivity index (χ4n) is 2.99. The first kappa shape index (κ1) is 20.5. The van der Waals surface area contributed by atoms with Crippen LogP contribution in [0.3, 0.4) is 0 Å². The Kier molecular flexibility index (Phi) is 6.22. The van der Waals surface area contributed by atoms with E-state index in [4.69, 9.17) is 18.9 Å². The number of hydrogen-bond donors (Lipinski definition) is 0. The summed E-state index contributed by atoms with van der Waals surface area (Å²) in [6.07, 6.45) is 1.47. The Morgan fingerprint density at radius 3 is 2.59 bits per heavy atom. The number of para-hydroxylation sites is 1. The van der Waals surface area contributed by atoms with Gasteiger partial charge in [0.1, 0.15) is 17.2 Å². The third-order valence-electron chi connectivity index (χ3n) is 4.25. The molecule has 1 aliphatic heterocycles. The SMILES string of the molecule is CCOc1ccccc1/C=C1\Oc2c(ccc(OCC(=O)OC(C)C)c2C)C1=O. The zero-order valence-electron chi connectivity index (χ0n) is 17.0. The van der Waals surface area contributed by atoms with E-state index in [1.54, 1.807) is 39.0 Å². The minimum absolute atomic E-state index is 0.208. The van der Waals surface area contributed by atoms with Crippen molar-refractivity contribution >= 4 is 17.8 Å². The number of benzene rings is 2. The Bertz CT molecular complexity index is 958. The summed E-state index contributed by atoms with van der Waals surface area (Å²) in [5, 5.41) is 0. The van der Waals surface area contributed by atoms with E-state index in [1.165, 1.54) is 0 Å². The lowest BCUT2D eigenvalue weighted by atomic mass is 10.1. The van der Waals surface area contributed by atoms with Crippen molar-refractivity contribution < 1.29 is 28.5 Å². The van der Waals surface area contributed by atoms with Crippen LogP contribution in [-0.2, 0) is 9.53 Å². The molecule has 2 aromatic rings. The minimum Gasteiger partial charge on any atom is -0.493 e. The largest absolute Gasteiger partial charge is 0.493 e. The second-order valence-electron chi connectivity index (χ2n) is 6.80. The Morgan fingerprint density at radius 1 is 1.10 bits per heavy atom. The predicted octanol–water partition coefficient (Wildman–Crippen LogP) is 4.34. The van der Waals surface area contributed by atoms with Crippen LogP contribution in [0, 0.1) is 6.92 Å². The molecule has 0 fully saturated rings. The van der Waals surface area contributed by atoms with E-state index in [0.717, 1.165) is 5.56 Å². The zero-order chi connectivity index (χ0) is 21.0. The van der Waals surface area contributed by atoms with E-state index in [-0.39, 0.29) is 24.3 Å². The van der Waals surface area contributed by atoms with Crippen LogP contribution in [0.5, 0.6) is 17.2 Å². The number of fused-ring (bicyclic) bond motifs is 1. The quantitative estimate of drug-likeness (QED) is 0.512. The molecule has 0 unspecified atom stereocenters. The first-order chi connectivity index (χ1) is 13.9. The van der Waals surface area contributed by atoms with E-state index in [9.17, 15) is 9.59 Å². The lowest BCUT2D eigenvalue weighted by Crippen LogP contribution is -2.19. The molecule has 152 valence electrons. The van der Waals surface area contributed by atoms with Crippen LogP contribution in [0.1, 0.15) is 42.3 Å². The smallest absolute Gasteiger partial charge is 0.344 e. The normalized spacial score (nSPS) is 14.0. The Morgan fingerprint density at radius 2 is 1.86 bits per heavy atom. The number of hydrogen-bond acceptors (Lipinski definition) is 6. The highest BCUT2D eigenvalue weighted by atomic mass is 16.6. The van der Waals surface area contributed by atoms with Gasteiger partial charge in [-0.05, 0) is 52.0 Å². The van der Waals surface area contributed by atoms with Crippen molar-refractivity contribution in [2.24, 2.45) is 0 Å². The van der Waals surface area contributed by atoms with Crippen LogP contribution in [0.15, 0.2) is 42.2 Å². The van der Waals surface area contributed by atoms with Gasteiger partial charge in [-0.1, -0.05) is 18.2 Å². The number of ketones is 1.